The van der Waals surface area contributed by atoms with Crippen LogP contribution >= 0.6 is 10.9 Å². The molecular formula is C14H14N2O2S. The third kappa shape index (κ3) is 2.06. The van der Waals surface area contributed by atoms with Gasteiger partial charge in [0.2, 0.25) is 0 Å². The zero-order chi connectivity index (χ0) is 13.2. The van der Waals surface area contributed by atoms with Gasteiger partial charge in [0.05, 0.1) is 24.8 Å². The van der Waals surface area contributed by atoms with Crippen LogP contribution in [0, 0.1) is 0 Å². The SMILES string of the molecule is COC1=C[SH](c2ncnc3ccccc23)C=C1OC. The number of thiol groups is 1. The van der Waals surface area contributed by atoms with Crippen molar-refractivity contribution in [3.8, 4) is 0 Å². The second-order valence-corrected chi connectivity index (χ2v) is 5.77. The van der Waals surface area contributed by atoms with E-state index in [0.29, 0.717) is 0 Å². The van der Waals surface area contributed by atoms with Gasteiger partial charge in [0.25, 0.3) is 0 Å². The highest BCUT2D eigenvalue weighted by Crippen LogP contribution is 2.48. The number of ether oxygens (including phenoxy) is 2. The molecule has 2 heterocycles. The molecule has 0 saturated carbocycles. The van der Waals surface area contributed by atoms with Gasteiger partial charge >= 0.3 is 0 Å². The number of methoxy groups -OCH3 is 2. The van der Waals surface area contributed by atoms with Crippen LogP contribution in [0.2, 0.25) is 0 Å². The predicted molar refractivity (Wildman–Crippen MR) is 77.0 cm³/mol. The minimum atomic E-state index is -0.655. The van der Waals surface area contributed by atoms with Crippen molar-refractivity contribution < 1.29 is 9.47 Å². The summed E-state index contributed by atoms with van der Waals surface area (Å²) in [7, 11) is 2.64. The van der Waals surface area contributed by atoms with Crippen LogP contribution in [0.5, 0.6) is 0 Å². The number of fused-ring (bicyclic) bond motifs is 1. The van der Waals surface area contributed by atoms with E-state index in [1.165, 1.54) is 0 Å². The van der Waals surface area contributed by atoms with Crippen LogP contribution in [0.1, 0.15) is 0 Å². The maximum Gasteiger partial charge on any atom is 0.166 e. The van der Waals surface area contributed by atoms with Crippen molar-refractivity contribution in [3.05, 3.63) is 52.9 Å². The smallest absolute Gasteiger partial charge is 0.166 e. The lowest BCUT2D eigenvalue weighted by Gasteiger charge is -2.10. The summed E-state index contributed by atoms with van der Waals surface area (Å²) >= 11 is 0. The molecule has 0 spiro atoms. The first kappa shape index (κ1) is 12.0. The van der Waals surface area contributed by atoms with Gasteiger partial charge in [-0.2, -0.15) is 10.9 Å². The van der Waals surface area contributed by atoms with E-state index in [0.717, 1.165) is 27.4 Å². The van der Waals surface area contributed by atoms with Crippen LogP contribution in [0.15, 0.2) is 58.0 Å². The van der Waals surface area contributed by atoms with Crippen LogP contribution in [-0.2, 0) is 9.47 Å². The second-order valence-electron chi connectivity index (χ2n) is 4.02. The number of hydrogen-bond acceptors (Lipinski definition) is 4. The van der Waals surface area contributed by atoms with E-state index in [2.05, 4.69) is 20.8 Å². The van der Waals surface area contributed by atoms with E-state index in [1.54, 1.807) is 20.5 Å². The first-order chi connectivity index (χ1) is 9.33. The molecule has 4 nitrogen and oxygen atoms in total. The van der Waals surface area contributed by atoms with Crippen LogP contribution in [-0.4, -0.2) is 24.2 Å². The van der Waals surface area contributed by atoms with Crippen LogP contribution in [0.25, 0.3) is 10.9 Å². The van der Waals surface area contributed by atoms with Crippen molar-refractivity contribution in [2.75, 3.05) is 14.2 Å². The molecule has 3 rings (SSSR count). The van der Waals surface area contributed by atoms with E-state index < -0.39 is 10.9 Å². The Morgan fingerprint density at radius 2 is 1.63 bits per heavy atom. The van der Waals surface area contributed by atoms with E-state index in [9.17, 15) is 0 Å². The number of benzene rings is 1. The third-order valence-electron chi connectivity index (χ3n) is 2.96. The van der Waals surface area contributed by atoms with Crippen molar-refractivity contribution >= 4 is 21.8 Å². The molecule has 1 aliphatic heterocycles. The fourth-order valence-corrected chi connectivity index (χ4v) is 3.98. The average molecular weight is 274 g/mol. The van der Waals surface area contributed by atoms with Gasteiger partial charge in [-0.1, -0.05) is 18.2 Å². The lowest BCUT2D eigenvalue weighted by molar-refractivity contribution is 0.223. The molecule has 0 fully saturated rings. The minimum Gasteiger partial charge on any atom is -0.492 e. The number of aromatic nitrogens is 2. The fourth-order valence-electron chi connectivity index (χ4n) is 2.04. The Morgan fingerprint density at radius 3 is 2.32 bits per heavy atom. The highest BCUT2D eigenvalue weighted by atomic mass is 32.2. The van der Waals surface area contributed by atoms with Crippen LogP contribution in [0.4, 0.5) is 0 Å². The Morgan fingerprint density at radius 1 is 0.947 bits per heavy atom. The van der Waals surface area contributed by atoms with Crippen molar-refractivity contribution in [2.45, 2.75) is 5.03 Å². The first-order valence-electron chi connectivity index (χ1n) is 5.83. The summed E-state index contributed by atoms with van der Waals surface area (Å²) in [5.41, 5.74) is 0.960. The Kier molecular flexibility index (Phi) is 3.13. The molecule has 1 aromatic heterocycles. The molecule has 0 unspecified atom stereocenters. The molecule has 0 radical (unpaired) electrons. The molecule has 0 N–H and O–H groups in total. The predicted octanol–water partition coefficient (Wildman–Crippen LogP) is 2.98. The molecule has 19 heavy (non-hydrogen) atoms. The van der Waals surface area contributed by atoms with Gasteiger partial charge in [-0.3, -0.25) is 0 Å². The first-order valence-corrected chi connectivity index (χ1v) is 7.31. The van der Waals surface area contributed by atoms with Gasteiger partial charge in [0.1, 0.15) is 6.33 Å². The summed E-state index contributed by atoms with van der Waals surface area (Å²) < 4.78 is 10.6. The maximum absolute atomic E-state index is 5.32. The van der Waals surface area contributed by atoms with Gasteiger partial charge in [0, 0.05) is 16.2 Å². The molecule has 98 valence electrons. The zero-order valence-corrected chi connectivity index (χ0v) is 11.6. The number of hydrogen-bond donors (Lipinski definition) is 1. The Hall–Kier alpha value is -2.01. The molecule has 5 heteroatoms. The largest absolute Gasteiger partial charge is 0.492 e. The van der Waals surface area contributed by atoms with Gasteiger partial charge in [-0.25, -0.2) is 9.97 Å². The Labute approximate surface area is 114 Å². The second kappa shape index (κ2) is 4.93. The molecule has 1 aliphatic rings. The number of rotatable bonds is 3. The minimum absolute atomic E-state index is 0.655. The van der Waals surface area contributed by atoms with Gasteiger partial charge in [-0.15, -0.1) is 0 Å². The lowest BCUT2D eigenvalue weighted by Crippen LogP contribution is -1.90. The molecular weight excluding hydrogens is 260 g/mol. The van der Waals surface area contributed by atoms with Crippen molar-refractivity contribution in [1.29, 1.82) is 0 Å². The molecule has 2 aromatic rings. The van der Waals surface area contributed by atoms with Crippen LogP contribution in [0.3, 0.4) is 0 Å². The summed E-state index contributed by atoms with van der Waals surface area (Å²) in [6.45, 7) is 0. The molecule has 0 bridgehead atoms. The normalized spacial score (nSPS) is 16.2. The van der Waals surface area contributed by atoms with E-state index in [1.807, 2.05) is 24.3 Å². The molecule has 1 aromatic carbocycles. The topological polar surface area (TPSA) is 44.2 Å². The van der Waals surface area contributed by atoms with Gasteiger partial charge in [-0.05, 0) is 6.07 Å². The number of para-hydroxylation sites is 1. The summed E-state index contributed by atoms with van der Waals surface area (Å²) in [6.07, 6.45) is 1.61. The van der Waals surface area contributed by atoms with Gasteiger partial charge < -0.3 is 9.47 Å². The van der Waals surface area contributed by atoms with E-state index >= 15 is 0 Å². The lowest BCUT2D eigenvalue weighted by atomic mass is 10.2. The summed E-state index contributed by atoms with van der Waals surface area (Å²) in [6, 6.07) is 8.02. The summed E-state index contributed by atoms with van der Waals surface area (Å²) in [5.74, 6) is 1.55. The molecule has 0 saturated heterocycles. The van der Waals surface area contributed by atoms with Gasteiger partial charge in [0.15, 0.2) is 11.5 Å². The summed E-state index contributed by atoms with van der Waals surface area (Å²) in [5, 5.41) is 6.25. The molecule has 0 aliphatic carbocycles. The van der Waals surface area contributed by atoms with Crippen molar-refractivity contribution in [2.24, 2.45) is 0 Å². The Balaban J connectivity index is 2.12. The molecule has 0 atom stereocenters. The number of nitrogens with zero attached hydrogens (tertiary/aromatic N) is 2. The quantitative estimate of drug-likeness (QED) is 0.690. The third-order valence-corrected chi connectivity index (χ3v) is 4.83. The fraction of sp³-hybridized carbons (Fsp3) is 0.143. The summed E-state index contributed by atoms with van der Waals surface area (Å²) in [4.78, 5) is 8.73. The average Bonchev–Trinajstić information content (AvgIpc) is 2.89. The standard InChI is InChI=1S/C14H14N2O2S/c1-17-12-7-19(8-13(12)18-2)14-10-5-3-4-6-11(10)15-9-16-14/h3-9,19H,1-2H3. The monoisotopic (exact) mass is 274 g/mol. The van der Waals surface area contributed by atoms with E-state index in [-0.39, 0.29) is 0 Å². The maximum atomic E-state index is 5.32. The Bertz CT molecular complexity index is 657. The zero-order valence-electron chi connectivity index (χ0n) is 10.7. The van der Waals surface area contributed by atoms with Crippen molar-refractivity contribution in [3.63, 3.8) is 0 Å². The van der Waals surface area contributed by atoms with Crippen LogP contribution < -0.4 is 0 Å². The van der Waals surface area contributed by atoms with E-state index in [4.69, 9.17) is 9.47 Å². The highest BCUT2D eigenvalue weighted by molar-refractivity contribution is 8.22. The molecule has 0 amide bonds. The van der Waals surface area contributed by atoms with Crippen molar-refractivity contribution in [1.82, 2.24) is 9.97 Å². The highest BCUT2D eigenvalue weighted by Gasteiger charge is 2.20.